The molecule has 0 fully saturated rings. The minimum Gasteiger partial charge on any atom is -0.403 e. The lowest BCUT2D eigenvalue weighted by Gasteiger charge is -1.93. The fourth-order valence-electron chi connectivity index (χ4n) is 1.75. The summed E-state index contributed by atoms with van der Waals surface area (Å²) in [6.07, 6.45) is 5.20. The Bertz CT molecular complexity index is 743. The predicted octanol–water partition coefficient (Wildman–Crippen LogP) is 4.41. The van der Waals surface area contributed by atoms with Crippen LogP contribution in [0, 0.1) is 0 Å². The van der Waals surface area contributed by atoms with Gasteiger partial charge in [0.15, 0.2) is 5.70 Å². The molecule has 3 rings (SSSR count). The number of aliphatic imine (C=N–C) groups is 1. The Hall–Kier alpha value is -2.17. The maximum atomic E-state index is 11.7. The Labute approximate surface area is 130 Å². The zero-order chi connectivity index (χ0) is 14.7. The summed E-state index contributed by atoms with van der Waals surface area (Å²) in [6, 6.07) is 11.2. The Morgan fingerprint density at radius 1 is 1.14 bits per heavy atom. The summed E-state index contributed by atoms with van der Waals surface area (Å²) in [5, 5.41) is 2.62. The number of thiophene rings is 1. The average Bonchev–Trinajstić information content (AvgIpc) is 3.10. The summed E-state index contributed by atoms with van der Waals surface area (Å²) in [5.74, 6) is -0.142. The highest BCUT2D eigenvalue weighted by Gasteiger charge is 2.21. The van der Waals surface area contributed by atoms with Gasteiger partial charge in [-0.3, -0.25) is 0 Å². The number of nitrogens with zero attached hydrogens (tertiary/aromatic N) is 1. The van der Waals surface area contributed by atoms with Crippen LogP contribution in [0.3, 0.4) is 0 Å². The second kappa shape index (κ2) is 6.08. The van der Waals surface area contributed by atoms with E-state index in [-0.39, 0.29) is 5.90 Å². The molecule has 1 aliphatic rings. The number of esters is 1. The Morgan fingerprint density at radius 3 is 2.67 bits per heavy atom. The minimum absolute atomic E-state index is 0.290. The average molecular weight is 316 g/mol. The first-order valence-corrected chi connectivity index (χ1v) is 7.46. The van der Waals surface area contributed by atoms with Gasteiger partial charge in [0.2, 0.25) is 5.90 Å². The van der Waals surface area contributed by atoms with Gasteiger partial charge >= 0.3 is 5.97 Å². The number of hydrogen-bond donors (Lipinski definition) is 0. The van der Waals surface area contributed by atoms with Gasteiger partial charge in [0.25, 0.3) is 0 Å². The van der Waals surface area contributed by atoms with E-state index in [1.165, 1.54) is 0 Å². The fraction of sp³-hybridized carbons (Fsp3) is 0. The molecule has 0 N–H and O–H groups in total. The van der Waals surface area contributed by atoms with Crippen LogP contribution in [0.2, 0.25) is 5.02 Å². The standard InChI is InChI=1S/C16H10ClNO2S/c17-12-6-3-11(4-7-12)5-8-15-18-14(16(19)20-15)10-13-2-1-9-21-13/h1-10H. The monoisotopic (exact) mass is 315 g/mol. The van der Waals surface area contributed by atoms with E-state index < -0.39 is 5.97 Å². The molecule has 0 spiro atoms. The van der Waals surface area contributed by atoms with Crippen molar-refractivity contribution in [2.45, 2.75) is 0 Å². The maximum absolute atomic E-state index is 11.7. The molecule has 0 bridgehead atoms. The molecule has 2 heterocycles. The van der Waals surface area contributed by atoms with Crippen molar-refractivity contribution in [2.75, 3.05) is 0 Å². The molecule has 0 atom stereocenters. The molecule has 2 aromatic rings. The molecule has 0 radical (unpaired) electrons. The van der Waals surface area contributed by atoms with Gasteiger partial charge in [0.05, 0.1) is 0 Å². The number of halogens is 1. The molecule has 1 aromatic carbocycles. The molecule has 0 amide bonds. The van der Waals surface area contributed by atoms with Crippen LogP contribution < -0.4 is 0 Å². The van der Waals surface area contributed by atoms with Crippen LogP contribution in [-0.2, 0) is 9.53 Å². The largest absolute Gasteiger partial charge is 0.403 e. The summed E-state index contributed by atoms with van der Waals surface area (Å²) in [6.45, 7) is 0. The lowest BCUT2D eigenvalue weighted by Crippen LogP contribution is -2.00. The predicted molar refractivity (Wildman–Crippen MR) is 86.3 cm³/mol. The molecule has 0 aliphatic carbocycles. The SMILES string of the molecule is O=C1OC(C=Cc2ccc(Cl)cc2)=NC1=Cc1cccs1. The Kier molecular flexibility index (Phi) is 3.99. The quantitative estimate of drug-likeness (QED) is 0.621. The first-order valence-electron chi connectivity index (χ1n) is 6.20. The fourth-order valence-corrected chi connectivity index (χ4v) is 2.52. The van der Waals surface area contributed by atoms with Crippen LogP contribution in [0.4, 0.5) is 0 Å². The third-order valence-corrected chi connectivity index (χ3v) is 3.82. The van der Waals surface area contributed by atoms with Crippen molar-refractivity contribution in [3.05, 3.63) is 69.0 Å². The molecular formula is C16H10ClNO2S. The summed E-state index contributed by atoms with van der Waals surface area (Å²) < 4.78 is 5.10. The first-order chi connectivity index (χ1) is 10.2. The van der Waals surface area contributed by atoms with Gasteiger partial charge in [-0.2, -0.15) is 0 Å². The lowest BCUT2D eigenvalue weighted by molar-refractivity contribution is -0.129. The van der Waals surface area contributed by atoms with Gasteiger partial charge in [0, 0.05) is 16.0 Å². The first kappa shape index (κ1) is 13.8. The molecule has 0 saturated carbocycles. The summed E-state index contributed by atoms with van der Waals surface area (Å²) in [7, 11) is 0. The van der Waals surface area contributed by atoms with Crippen LogP contribution in [-0.4, -0.2) is 11.9 Å². The van der Waals surface area contributed by atoms with Gasteiger partial charge in [0.1, 0.15) is 0 Å². The summed E-state index contributed by atoms with van der Waals surface area (Å²) >= 11 is 7.36. The van der Waals surface area contributed by atoms with E-state index in [2.05, 4.69) is 4.99 Å². The number of benzene rings is 1. The molecule has 5 heteroatoms. The van der Waals surface area contributed by atoms with Crippen molar-refractivity contribution in [2.24, 2.45) is 4.99 Å². The number of ether oxygens (including phenoxy) is 1. The number of rotatable bonds is 3. The number of carbonyl (C=O) groups excluding carboxylic acids is 1. The van der Waals surface area contributed by atoms with Crippen LogP contribution in [0.1, 0.15) is 10.4 Å². The van der Waals surface area contributed by atoms with Gasteiger partial charge < -0.3 is 4.74 Å². The molecule has 0 unspecified atom stereocenters. The molecular weight excluding hydrogens is 306 g/mol. The third-order valence-electron chi connectivity index (χ3n) is 2.75. The van der Waals surface area contributed by atoms with Crippen LogP contribution in [0.15, 0.2) is 58.5 Å². The highest BCUT2D eigenvalue weighted by molar-refractivity contribution is 7.10. The minimum atomic E-state index is -0.431. The molecule has 104 valence electrons. The van der Waals surface area contributed by atoms with Crippen molar-refractivity contribution in [3.63, 3.8) is 0 Å². The van der Waals surface area contributed by atoms with E-state index in [0.29, 0.717) is 10.7 Å². The summed E-state index contributed by atoms with van der Waals surface area (Å²) in [5.41, 5.74) is 1.27. The van der Waals surface area contributed by atoms with E-state index in [0.717, 1.165) is 10.4 Å². The van der Waals surface area contributed by atoms with Gasteiger partial charge in [-0.15, -0.1) is 11.3 Å². The van der Waals surface area contributed by atoms with Crippen molar-refractivity contribution >= 4 is 47.0 Å². The number of hydrogen-bond acceptors (Lipinski definition) is 4. The van der Waals surface area contributed by atoms with Crippen molar-refractivity contribution in [1.29, 1.82) is 0 Å². The zero-order valence-electron chi connectivity index (χ0n) is 10.8. The molecule has 1 aliphatic heterocycles. The third kappa shape index (κ3) is 3.48. The van der Waals surface area contributed by atoms with Crippen molar-refractivity contribution in [1.82, 2.24) is 0 Å². The second-order valence-electron chi connectivity index (χ2n) is 4.27. The van der Waals surface area contributed by atoms with E-state index in [9.17, 15) is 4.79 Å². The van der Waals surface area contributed by atoms with E-state index in [4.69, 9.17) is 16.3 Å². The molecule has 0 saturated heterocycles. The highest BCUT2D eigenvalue weighted by Crippen LogP contribution is 2.19. The van der Waals surface area contributed by atoms with Gasteiger partial charge in [-0.1, -0.05) is 29.8 Å². The number of carbonyl (C=O) groups is 1. The van der Waals surface area contributed by atoms with Gasteiger partial charge in [-0.25, -0.2) is 9.79 Å². The van der Waals surface area contributed by atoms with Crippen LogP contribution in [0.25, 0.3) is 12.2 Å². The number of cyclic esters (lactones) is 1. The van der Waals surface area contributed by atoms with Crippen molar-refractivity contribution in [3.8, 4) is 0 Å². The van der Waals surface area contributed by atoms with Crippen molar-refractivity contribution < 1.29 is 9.53 Å². The lowest BCUT2D eigenvalue weighted by atomic mass is 10.2. The smallest absolute Gasteiger partial charge is 0.363 e. The van der Waals surface area contributed by atoms with E-state index >= 15 is 0 Å². The molecule has 3 nitrogen and oxygen atoms in total. The van der Waals surface area contributed by atoms with Crippen LogP contribution in [0.5, 0.6) is 0 Å². The van der Waals surface area contributed by atoms with E-state index in [1.54, 1.807) is 35.6 Å². The van der Waals surface area contributed by atoms with Gasteiger partial charge in [-0.05, 0) is 41.3 Å². The van der Waals surface area contributed by atoms with Crippen LogP contribution >= 0.6 is 22.9 Å². The molecule has 21 heavy (non-hydrogen) atoms. The molecule has 1 aromatic heterocycles. The Balaban J connectivity index is 1.77. The normalized spacial score (nSPS) is 16.5. The maximum Gasteiger partial charge on any atom is 0.363 e. The Morgan fingerprint density at radius 2 is 1.95 bits per heavy atom. The van der Waals surface area contributed by atoms with E-state index in [1.807, 2.05) is 35.7 Å². The summed E-state index contributed by atoms with van der Waals surface area (Å²) in [4.78, 5) is 16.9. The highest BCUT2D eigenvalue weighted by atomic mass is 35.5. The topological polar surface area (TPSA) is 38.7 Å². The zero-order valence-corrected chi connectivity index (χ0v) is 12.4. The second-order valence-corrected chi connectivity index (χ2v) is 5.69.